The predicted molar refractivity (Wildman–Crippen MR) is 74.5 cm³/mol. The number of sulfone groups is 1. The lowest BCUT2D eigenvalue weighted by Gasteiger charge is -2.24. The molecule has 0 saturated carbocycles. The van der Waals surface area contributed by atoms with E-state index in [1.807, 2.05) is 18.2 Å². The third-order valence-corrected chi connectivity index (χ3v) is 5.77. The van der Waals surface area contributed by atoms with Crippen LogP contribution in [0.2, 0.25) is 5.02 Å². The van der Waals surface area contributed by atoms with E-state index >= 15 is 0 Å². The smallest absolute Gasteiger partial charge is 0.150 e. The van der Waals surface area contributed by atoms with Crippen LogP contribution in [0.5, 0.6) is 0 Å². The molecule has 0 spiro atoms. The van der Waals surface area contributed by atoms with Crippen molar-refractivity contribution < 1.29 is 8.42 Å². The lowest BCUT2D eigenvalue weighted by Crippen LogP contribution is -2.32. The standard InChI is InChI=1S/C11H13BrClNO2S/c12-10-7-9(1-2-11(10)13)14-8-3-5-17(15,16)6-4-8/h1-2,7-8,14H,3-6H2. The number of rotatable bonds is 2. The van der Waals surface area contributed by atoms with Crippen LogP contribution in [0.3, 0.4) is 0 Å². The average Bonchev–Trinajstić information content (AvgIpc) is 2.27. The number of benzene rings is 1. The van der Waals surface area contributed by atoms with E-state index in [4.69, 9.17) is 11.6 Å². The molecule has 17 heavy (non-hydrogen) atoms. The first-order valence-electron chi connectivity index (χ1n) is 5.38. The Hall–Kier alpha value is -0.260. The Bertz CT molecular complexity index is 504. The zero-order chi connectivity index (χ0) is 12.5. The SMILES string of the molecule is O=S1(=O)CCC(Nc2ccc(Cl)c(Br)c2)CC1. The Balaban J connectivity index is 2.00. The van der Waals surface area contributed by atoms with Gasteiger partial charge in [0.05, 0.1) is 16.5 Å². The molecule has 1 aliphatic rings. The fraction of sp³-hybridized carbons (Fsp3) is 0.455. The third kappa shape index (κ3) is 3.60. The molecule has 2 rings (SSSR count). The van der Waals surface area contributed by atoms with Crippen LogP contribution in [0.25, 0.3) is 0 Å². The summed E-state index contributed by atoms with van der Waals surface area (Å²) in [6.45, 7) is 0. The van der Waals surface area contributed by atoms with Crippen LogP contribution in [-0.2, 0) is 9.84 Å². The van der Waals surface area contributed by atoms with Gasteiger partial charge in [0, 0.05) is 16.2 Å². The van der Waals surface area contributed by atoms with E-state index in [1.54, 1.807) is 0 Å². The van der Waals surface area contributed by atoms with Gasteiger partial charge >= 0.3 is 0 Å². The summed E-state index contributed by atoms with van der Waals surface area (Å²) in [5, 5.41) is 4.00. The first-order chi connectivity index (χ1) is 7.96. The molecule has 0 aromatic heterocycles. The van der Waals surface area contributed by atoms with Crippen LogP contribution in [0.15, 0.2) is 22.7 Å². The third-order valence-electron chi connectivity index (χ3n) is 2.85. The van der Waals surface area contributed by atoms with Gasteiger partial charge in [-0.25, -0.2) is 8.42 Å². The predicted octanol–water partition coefficient (Wildman–Crippen LogP) is 3.09. The zero-order valence-electron chi connectivity index (χ0n) is 9.12. The van der Waals surface area contributed by atoms with Crippen molar-refractivity contribution in [3.05, 3.63) is 27.7 Å². The maximum Gasteiger partial charge on any atom is 0.150 e. The van der Waals surface area contributed by atoms with Gasteiger partial charge in [0.25, 0.3) is 0 Å². The lowest BCUT2D eigenvalue weighted by molar-refractivity contribution is 0.559. The maximum absolute atomic E-state index is 11.3. The van der Waals surface area contributed by atoms with Crippen molar-refractivity contribution in [2.45, 2.75) is 18.9 Å². The topological polar surface area (TPSA) is 46.2 Å². The van der Waals surface area contributed by atoms with E-state index in [1.165, 1.54) is 0 Å². The molecule has 94 valence electrons. The molecule has 0 unspecified atom stereocenters. The van der Waals surface area contributed by atoms with Crippen LogP contribution >= 0.6 is 27.5 Å². The van der Waals surface area contributed by atoms with Gasteiger partial charge in [-0.1, -0.05) is 11.6 Å². The summed E-state index contributed by atoms with van der Waals surface area (Å²) < 4.78 is 23.4. The lowest BCUT2D eigenvalue weighted by atomic mass is 10.1. The molecular formula is C11H13BrClNO2S. The number of hydrogen-bond acceptors (Lipinski definition) is 3. The molecule has 0 bridgehead atoms. The summed E-state index contributed by atoms with van der Waals surface area (Å²) in [6, 6.07) is 5.85. The highest BCUT2D eigenvalue weighted by molar-refractivity contribution is 9.10. The van der Waals surface area contributed by atoms with Gasteiger partial charge in [-0.05, 0) is 47.0 Å². The minimum absolute atomic E-state index is 0.228. The van der Waals surface area contributed by atoms with Crippen molar-refractivity contribution in [2.75, 3.05) is 16.8 Å². The van der Waals surface area contributed by atoms with Crippen LogP contribution < -0.4 is 5.32 Å². The molecule has 0 aliphatic carbocycles. The van der Waals surface area contributed by atoms with E-state index in [0.29, 0.717) is 17.9 Å². The summed E-state index contributed by atoms with van der Waals surface area (Å²) >= 11 is 9.27. The van der Waals surface area contributed by atoms with Crippen molar-refractivity contribution in [2.24, 2.45) is 0 Å². The molecule has 0 amide bonds. The van der Waals surface area contributed by atoms with Crippen LogP contribution in [0, 0.1) is 0 Å². The Labute approximate surface area is 115 Å². The molecule has 0 atom stereocenters. The van der Waals surface area contributed by atoms with Crippen molar-refractivity contribution in [1.82, 2.24) is 0 Å². The summed E-state index contributed by atoms with van der Waals surface area (Å²) in [7, 11) is -2.79. The van der Waals surface area contributed by atoms with Crippen molar-refractivity contribution in [3.63, 3.8) is 0 Å². The Kier molecular flexibility index (Phi) is 4.00. The highest BCUT2D eigenvalue weighted by atomic mass is 79.9. The van der Waals surface area contributed by atoms with Gasteiger partial charge in [-0.2, -0.15) is 0 Å². The van der Waals surface area contributed by atoms with Gasteiger partial charge in [0.2, 0.25) is 0 Å². The molecule has 0 radical (unpaired) electrons. The molecule has 1 aliphatic heterocycles. The van der Waals surface area contributed by atoms with Gasteiger partial charge in [-0.3, -0.25) is 0 Å². The molecule has 1 aromatic carbocycles. The number of anilines is 1. The first-order valence-corrected chi connectivity index (χ1v) is 8.37. The number of halogens is 2. The molecule has 1 aromatic rings. The van der Waals surface area contributed by atoms with E-state index in [-0.39, 0.29) is 17.5 Å². The second-order valence-electron chi connectivity index (χ2n) is 4.20. The highest BCUT2D eigenvalue weighted by Gasteiger charge is 2.23. The van der Waals surface area contributed by atoms with Crippen molar-refractivity contribution >= 4 is 43.1 Å². The Morgan fingerprint density at radius 1 is 1.29 bits per heavy atom. The second-order valence-corrected chi connectivity index (χ2v) is 7.76. The van der Waals surface area contributed by atoms with Gasteiger partial charge in [-0.15, -0.1) is 0 Å². The normalized spacial score (nSPS) is 20.1. The minimum atomic E-state index is -2.79. The monoisotopic (exact) mass is 337 g/mol. The first kappa shape index (κ1) is 13.2. The largest absolute Gasteiger partial charge is 0.382 e. The summed E-state index contributed by atoms with van der Waals surface area (Å²) in [5.74, 6) is 0.554. The summed E-state index contributed by atoms with van der Waals surface area (Å²) in [6.07, 6.45) is 1.34. The highest BCUT2D eigenvalue weighted by Crippen LogP contribution is 2.27. The molecule has 1 heterocycles. The Morgan fingerprint density at radius 3 is 2.53 bits per heavy atom. The van der Waals surface area contributed by atoms with Crippen LogP contribution in [0.1, 0.15) is 12.8 Å². The van der Waals surface area contributed by atoms with Crippen LogP contribution in [0.4, 0.5) is 5.69 Å². The molecular weight excluding hydrogens is 326 g/mol. The second kappa shape index (κ2) is 5.16. The van der Waals surface area contributed by atoms with Gasteiger partial charge in [0.1, 0.15) is 9.84 Å². The van der Waals surface area contributed by atoms with E-state index in [0.717, 1.165) is 10.2 Å². The Morgan fingerprint density at radius 2 is 1.94 bits per heavy atom. The van der Waals surface area contributed by atoms with Gasteiger partial charge < -0.3 is 5.32 Å². The van der Waals surface area contributed by atoms with E-state index < -0.39 is 9.84 Å². The average molecular weight is 339 g/mol. The summed E-state index contributed by atoms with van der Waals surface area (Å²) in [5.41, 5.74) is 0.963. The summed E-state index contributed by atoms with van der Waals surface area (Å²) in [4.78, 5) is 0. The van der Waals surface area contributed by atoms with Crippen molar-refractivity contribution in [1.29, 1.82) is 0 Å². The van der Waals surface area contributed by atoms with E-state index in [9.17, 15) is 8.42 Å². The molecule has 3 nitrogen and oxygen atoms in total. The van der Waals surface area contributed by atoms with Crippen LogP contribution in [-0.4, -0.2) is 26.0 Å². The number of nitrogens with one attached hydrogen (secondary N) is 1. The molecule has 1 saturated heterocycles. The number of hydrogen-bond donors (Lipinski definition) is 1. The van der Waals surface area contributed by atoms with Gasteiger partial charge in [0.15, 0.2) is 0 Å². The minimum Gasteiger partial charge on any atom is -0.382 e. The molecule has 1 N–H and O–H groups in total. The molecule has 6 heteroatoms. The molecule has 1 fully saturated rings. The van der Waals surface area contributed by atoms with Crippen molar-refractivity contribution in [3.8, 4) is 0 Å². The fourth-order valence-electron chi connectivity index (χ4n) is 1.86. The van der Waals surface area contributed by atoms with E-state index in [2.05, 4.69) is 21.2 Å². The maximum atomic E-state index is 11.3. The quantitative estimate of drug-likeness (QED) is 0.901. The zero-order valence-corrected chi connectivity index (χ0v) is 12.3. The fourth-order valence-corrected chi connectivity index (χ4v) is 3.84.